The number of rotatable bonds is 5. The van der Waals surface area contributed by atoms with E-state index in [2.05, 4.69) is 44.3 Å². The third-order valence-electron chi connectivity index (χ3n) is 3.82. The highest BCUT2D eigenvalue weighted by molar-refractivity contribution is 5.31. The molecule has 0 saturated heterocycles. The van der Waals surface area contributed by atoms with Gasteiger partial charge in [0.2, 0.25) is 0 Å². The Hall–Kier alpha value is -1.74. The fourth-order valence-corrected chi connectivity index (χ4v) is 2.34. The Labute approximate surface area is 125 Å². The SMILES string of the molecule is Cc1ccc(C(C)NCCc2cc(F)cc(F)c2)cc1C. The smallest absolute Gasteiger partial charge is 0.126 e. The van der Waals surface area contributed by atoms with Crippen molar-refractivity contribution < 1.29 is 8.78 Å². The monoisotopic (exact) mass is 289 g/mol. The second-order valence-electron chi connectivity index (χ2n) is 5.55. The van der Waals surface area contributed by atoms with E-state index in [1.165, 1.54) is 28.8 Å². The summed E-state index contributed by atoms with van der Waals surface area (Å²) in [5, 5.41) is 3.39. The molecule has 0 heterocycles. The van der Waals surface area contributed by atoms with Crippen molar-refractivity contribution >= 4 is 0 Å². The maximum Gasteiger partial charge on any atom is 0.126 e. The van der Waals surface area contributed by atoms with Crippen LogP contribution in [0.2, 0.25) is 0 Å². The van der Waals surface area contributed by atoms with Gasteiger partial charge in [0.05, 0.1) is 0 Å². The molecular formula is C18H21F2N. The molecule has 0 saturated carbocycles. The second-order valence-corrected chi connectivity index (χ2v) is 5.55. The summed E-state index contributed by atoms with van der Waals surface area (Å²) >= 11 is 0. The van der Waals surface area contributed by atoms with Gasteiger partial charge in [0.25, 0.3) is 0 Å². The van der Waals surface area contributed by atoms with Gasteiger partial charge in [-0.15, -0.1) is 0 Å². The molecule has 0 radical (unpaired) electrons. The fraction of sp³-hybridized carbons (Fsp3) is 0.333. The molecule has 21 heavy (non-hydrogen) atoms. The van der Waals surface area contributed by atoms with E-state index >= 15 is 0 Å². The Morgan fingerprint density at radius 2 is 1.62 bits per heavy atom. The van der Waals surface area contributed by atoms with Crippen molar-refractivity contribution in [3.05, 3.63) is 70.3 Å². The van der Waals surface area contributed by atoms with Gasteiger partial charge in [-0.1, -0.05) is 18.2 Å². The topological polar surface area (TPSA) is 12.0 Å². The van der Waals surface area contributed by atoms with Gasteiger partial charge in [0, 0.05) is 12.1 Å². The number of hydrogen-bond acceptors (Lipinski definition) is 1. The summed E-state index contributed by atoms with van der Waals surface area (Å²) in [6, 6.07) is 10.3. The molecule has 0 aliphatic heterocycles. The lowest BCUT2D eigenvalue weighted by Gasteiger charge is -2.15. The van der Waals surface area contributed by atoms with E-state index in [0.717, 1.165) is 6.07 Å². The lowest BCUT2D eigenvalue weighted by Crippen LogP contribution is -2.21. The molecule has 0 fully saturated rings. The van der Waals surface area contributed by atoms with Gasteiger partial charge < -0.3 is 5.32 Å². The molecule has 1 nitrogen and oxygen atoms in total. The first-order valence-corrected chi connectivity index (χ1v) is 7.21. The Morgan fingerprint density at radius 1 is 0.952 bits per heavy atom. The highest BCUT2D eigenvalue weighted by Gasteiger charge is 2.06. The molecule has 2 aromatic rings. The van der Waals surface area contributed by atoms with Crippen LogP contribution in [-0.4, -0.2) is 6.54 Å². The van der Waals surface area contributed by atoms with Crippen molar-refractivity contribution in [2.45, 2.75) is 33.2 Å². The van der Waals surface area contributed by atoms with Crippen molar-refractivity contribution in [1.82, 2.24) is 5.32 Å². The molecule has 0 aliphatic rings. The first-order chi connectivity index (χ1) is 9.95. The molecule has 2 aromatic carbocycles. The van der Waals surface area contributed by atoms with Crippen LogP contribution >= 0.6 is 0 Å². The molecule has 1 N–H and O–H groups in total. The van der Waals surface area contributed by atoms with Crippen LogP contribution in [0, 0.1) is 25.5 Å². The maximum atomic E-state index is 13.1. The van der Waals surface area contributed by atoms with E-state index < -0.39 is 11.6 Å². The van der Waals surface area contributed by atoms with Crippen LogP contribution in [-0.2, 0) is 6.42 Å². The normalized spacial score (nSPS) is 12.4. The number of aryl methyl sites for hydroxylation is 2. The predicted molar refractivity (Wildman–Crippen MR) is 82.4 cm³/mol. The Balaban J connectivity index is 1.91. The van der Waals surface area contributed by atoms with Gasteiger partial charge in [0.1, 0.15) is 11.6 Å². The van der Waals surface area contributed by atoms with Crippen molar-refractivity contribution in [2.75, 3.05) is 6.54 Å². The quantitative estimate of drug-likeness (QED) is 0.856. The van der Waals surface area contributed by atoms with E-state index in [4.69, 9.17) is 0 Å². The van der Waals surface area contributed by atoms with E-state index in [1.807, 2.05) is 0 Å². The van der Waals surface area contributed by atoms with Gasteiger partial charge in [0.15, 0.2) is 0 Å². The molecule has 0 amide bonds. The van der Waals surface area contributed by atoms with Crippen LogP contribution < -0.4 is 5.32 Å². The van der Waals surface area contributed by atoms with E-state index in [9.17, 15) is 8.78 Å². The summed E-state index contributed by atoms with van der Waals surface area (Å²) < 4.78 is 26.2. The standard InChI is InChI=1S/C18H21F2N/c1-12-4-5-16(8-13(12)2)14(3)21-7-6-15-9-17(19)11-18(20)10-15/h4-5,8-11,14,21H,6-7H2,1-3H3. The third kappa shape index (κ3) is 4.36. The van der Waals surface area contributed by atoms with Crippen molar-refractivity contribution in [3.63, 3.8) is 0 Å². The zero-order chi connectivity index (χ0) is 15.4. The molecule has 2 rings (SSSR count). The molecule has 0 aromatic heterocycles. The Morgan fingerprint density at radius 3 is 2.24 bits per heavy atom. The molecule has 1 atom stereocenters. The van der Waals surface area contributed by atoms with Crippen LogP contribution in [0.1, 0.15) is 35.2 Å². The zero-order valence-corrected chi connectivity index (χ0v) is 12.7. The first-order valence-electron chi connectivity index (χ1n) is 7.21. The maximum absolute atomic E-state index is 13.1. The van der Waals surface area contributed by atoms with E-state index in [0.29, 0.717) is 18.5 Å². The highest BCUT2D eigenvalue weighted by Crippen LogP contribution is 2.17. The largest absolute Gasteiger partial charge is 0.310 e. The van der Waals surface area contributed by atoms with Crippen LogP contribution in [0.3, 0.4) is 0 Å². The average molecular weight is 289 g/mol. The summed E-state index contributed by atoms with van der Waals surface area (Å²) in [5.74, 6) is -1.04. The minimum atomic E-state index is -0.521. The summed E-state index contributed by atoms with van der Waals surface area (Å²) in [6.45, 7) is 6.96. The first kappa shape index (κ1) is 15.6. The Bertz CT molecular complexity index is 602. The van der Waals surface area contributed by atoms with Crippen LogP contribution in [0.4, 0.5) is 8.78 Å². The van der Waals surface area contributed by atoms with Crippen molar-refractivity contribution in [3.8, 4) is 0 Å². The molecule has 0 bridgehead atoms. The predicted octanol–water partition coefficient (Wildman–Crippen LogP) is 4.47. The summed E-state index contributed by atoms with van der Waals surface area (Å²) in [4.78, 5) is 0. The molecule has 3 heteroatoms. The van der Waals surface area contributed by atoms with Crippen LogP contribution in [0.15, 0.2) is 36.4 Å². The van der Waals surface area contributed by atoms with Crippen LogP contribution in [0.25, 0.3) is 0 Å². The van der Waals surface area contributed by atoms with Gasteiger partial charge >= 0.3 is 0 Å². The van der Waals surface area contributed by atoms with Gasteiger partial charge in [-0.05, 0) is 68.1 Å². The zero-order valence-electron chi connectivity index (χ0n) is 12.7. The van der Waals surface area contributed by atoms with Gasteiger partial charge in [-0.3, -0.25) is 0 Å². The Kier molecular flexibility index (Phi) is 5.07. The average Bonchev–Trinajstić information content (AvgIpc) is 2.40. The van der Waals surface area contributed by atoms with E-state index in [-0.39, 0.29) is 6.04 Å². The van der Waals surface area contributed by atoms with Gasteiger partial charge in [-0.2, -0.15) is 0 Å². The number of hydrogen-bond donors (Lipinski definition) is 1. The minimum Gasteiger partial charge on any atom is -0.310 e. The lowest BCUT2D eigenvalue weighted by atomic mass is 10.0. The molecule has 1 unspecified atom stereocenters. The molecule has 0 spiro atoms. The number of halogens is 2. The van der Waals surface area contributed by atoms with Gasteiger partial charge in [-0.25, -0.2) is 8.78 Å². The molecule has 112 valence electrons. The summed E-state index contributed by atoms with van der Waals surface area (Å²) in [5.41, 5.74) is 4.45. The third-order valence-corrected chi connectivity index (χ3v) is 3.82. The fourth-order valence-electron chi connectivity index (χ4n) is 2.34. The second kappa shape index (κ2) is 6.81. The lowest BCUT2D eigenvalue weighted by molar-refractivity contribution is 0.563. The highest BCUT2D eigenvalue weighted by atomic mass is 19.1. The number of benzene rings is 2. The minimum absolute atomic E-state index is 0.211. The molecule has 0 aliphatic carbocycles. The van der Waals surface area contributed by atoms with Crippen molar-refractivity contribution in [1.29, 1.82) is 0 Å². The molecular weight excluding hydrogens is 268 g/mol. The summed E-state index contributed by atoms with van der Waals surface area (Å²) in [6.07, 6.45) is 0.601. The summed E-state index contributed by atoms with van der Waals surface area (Å²) in [7, 11) is 0. The van der Waals surface area contributed by atoms with E-state index in [1.54, 1.807) is 0 Å². The van der Waals surface area contributed by atoms with Crippen LogP contribution in [0.5, 0.6) is 0 Å². The van der Waals surface area contributed by atoms with Crippen molar-refractivity contribution in [2.24, 2.45) is 0 Å². The number of nitrogens with one attached hydrogen (secondary N) is 1.